The first-order valence-electron chi connectivity index (χ1n) is 9.56. The molecule has 1 saturated heterocycles. The Morgan fingerprint density at radius 3 is 2.93 bits per heavy atom. The minimum Gasteiger partial charge on any atom is -0.386 e. The van der Waals surface area contributed by atoms with Crippen LogP contribution >= 0.6 is 11.3 Å². The maximum Gasteiger partial charge on any atom is 0.191 e. The van der Waals surface area contributed by atoms with Crippen LogP contribution in [0, 0.1) is 0 Å². The summed E-state index contributed by atoms with van der Waals surface area (Å²) in [6.07, 6.45) is 2.68. The second kappa shape index (κ2) is 10.6. The zero-order valence-corrected chi connectivity index (χ0v) is 16.6. The summed E-state index contributed by atoms with van der Waals surface area (Å²) in [7, 11) is 1.74. The summed E-state index contributed by atoms with van der Waals surface area (Å²) in [5.74, 6) is 0.696. The van der Waals surface area contributed by atoms with Crippen LogP contribution in [0.4, 0.5) is 0 Å². The van der Waals surface area contributed by atoms with Crippen molar-refractivity contribution in [1.29, 1.82) is 0 Å². The van der Waals surface area contributed by atoms with Crippen LogP contribution in [0.1, 0.15) is 30.2 Å². The highest BCUT2D eigenvalue weighted by atomic mass is 32.1. The molecule has 0 bridgehead atoms. The first-order valence-corrected chi connectivity index (χ1v) is 10.4. The van der Waals surface area contributed by atoms with Crippen LogP contribution < -0.4 is 10.6 Å². The van der Waals surface area contributed by atoms with Gasteiger partial charge in [-0.1, -0.05) is 18.2 Å². The molecule has 0 radical (unpaired) electrons. The molecule has 3 N–H and O–H groups in total. The summed E-state index contributed by atoms with van der Waals surface area (Å²) in [6.45, 7) is 3.55. The molecule has 0 spiro atoms. The van der Waals surface area contributed by atoms with E-state index < -0.39 is 6.10 Å². The number of aliphatic imine (C=N–C) groups is 1. The predicted molar refractivity (Wildman–Crippen MR) is 111 cm³/mol. The summed E-state index contributed by atoms with van der Waals surface area (Å²) >= 11 is 1.63. The molecule has 1 fully saturated rings. The fourth-order valence-corrected chi connectivity index (χ4v) is 4.10. The lowest BCUT2D eigenvalue weighted by atomic mass is 10.1. The summed E-state index contributed by atoms with van der Waals surface area (Å²) in [4.78, 5) is 5.18. The third kappa shape index (κ3) is 6.17. The molecule has 1 atom stereocenters. The van der Waals surface area contributed by atoms with Gasteiger partial charge in [0.2, 0.25) is 0 Å². The molecule has 0 amide bonds. The van der Waals surface area contributed by atoms with E-state index in [9.17, 15) is 5.11 Å². The number of hydrogen-bond acceptors (Lipinski definition) is 5. The molecule has 0 aliphatic carbocycles. The average Bonchev–Trinajstić information content (AvgIpc) is 3.15. The fourth-order valence-electron chi connectivity index (χ4n) is 3.05. The number of nitrogens with zero attached hydrogens (tertiary/aromatic N) is 1. The van der Waals surface area contributed by atoms with Gasteiger partial charge in [0, 0.05) is 49.5 Å². The fraction of sp³-hybridized carbons (Fsp3) is 0.550. The third-order valence-electron chi connectivity index (χ3n) is 4.59. The molecular weight excluding hydrogens is 362 g/mol. The quantitative estimate of drug-likeness (QED) is 0.366. The maximum atomic E-state index is 10.5. The Morgan fingerprint density at radius 2 is 2.15 bits per heavy atom. The smallest absolute Gasteiger partial charge is 0.191 e. The zero-order valence-electron chi connectivity index (χ0n) is 15.8. The van der Waals surface area contributed by atoms with E-state index in [1.165, 1.54) is 10.1 Å². The Hall–Kier alpha value is -1.67. The molecule has 1 aliphatic heterocycles. The van der Waals surface area contributed by atoms with Crippen LogP contribution in [0.15, 0.2) is 35.3 Å². The third-order valence-corrected chi connectivity index (χ3v) is 5.81. The van der Waals surface area contributed by atoms with Crippen LogP contribution in [0.25, 0.3) is 10.1 Å². The summed E-state index contributed by atoms with van der Waals surface area (Å²) < 4.78 is 12.4. The normalized spacial score (nSPS) is 17.2. The first kappa shape index (κ1) is 20.1. The van der Waals surface area contributed by atoms with Crippen molar-refractivity contribution < 1.29 is 14.6 Å². The standard InChI is InChI=1S/C20H29N3O3S/c1-21-20(22-9-4-10-26-16-7-11-25-12-8-16)23-14-17(24)19-13-15-5-2-3-6-18(15)27-19/h2-3,5-6,13,16-17,24H,4,7-12,14H2,1H3,(H2,21,22,23). The Bertz CT molecular complexity index is 695. The van der Waals surface area contributed by atoms with Crippen LogP contribution in [0.2, 0.25) is 0 Å². The molecule has 1 unspecified atom stereocenters. The lowest BCUT2D eigenvalue weighted by Gasteiger charge is -2.22. The first-order chi connectivity index (χ1) is 13.3. The molecule has 2 aromatic rings. The largest absolute Gasteiger partial charge is 0.386 e. The van der Waals surface area contributed by atoms with Crippen LogP contribution in [-0.4, -0.2) is 57.1 Å². The number of hydrogen-bond donors (Lipinski definition) is 3. The van der Waals surface area contributed by atoms with Crippen molar-refractivity contribution >= 4 is 27.4 Å². The number of aliphatic hydroxyl groups excluding tert-OH is 1. The van der Waals surface area contributed by atoms with Crippen molar-refractivity contribution in [2.45, 2.75) is 31.5 Å². The number of ether oxygens (including phenoxy) is 2. The van der Waals surface area contributed by atoms with E-state index in [-0.39, 0.29) is 0 Å². The SMILES string of the molecule is CN=C(NCCCOC1CCOCC1)NCC(O)c1cc2ccccc2s1. The second-order valence-electron chi connectivity index (χ2n) is 6.62. The van der Waals surface area contributed by atoms with Crippen molar-refractivity contribution in [3.8, 4) is 0 Å². The van der Waals surface area contributed by atoms with Crippen molar-refractivity contribution in [3.05, 3.63) is 35.2 Å². The summed E-state index contributed by atoms with van der Waals surface area (Å²) in [6, 6.07) is 10.2. The molecule has 3 rings (SSSR count). The van der Waals surface area contributed by atoms with E-state index in [0.717, 1.165) is 50.5 Å². The van der Waals surface area contributed by atoms with Crippen molar-refractivity contribution in [1.82, 2.24) is 10.6 Å². The van der Waals surface area contributed by atoms with Crippen molar-refractivity contribution in [2.75, 3.05) is 40.0 Å². The molecular formula is C20H29N3O3S. The average molecular weight is 392 g/mol. The van der Waals surface area contributed by atoms with Crippen molar-refractivity contribution in [3.63, 3.8) is 0 Å². The van der Waals surface area contributed by atoms with Gasteiger partial charge >= 0.3 is 0 Å². The highest BCUT2D eigenvalue weighted by Gasteiger charge is 2.14. The molecule has 2 heterocycles. The van der Waals surface area contributed by atoms with E-state index in [4.69, 9.17) is 9.47 Å². The van der Waals surface area contributed by atoms with Crippen LogP contribution in [-0.2, 0) is 9.47 Å². The van der Waals surface area contributed by atoms with E-state index >= 15 is 0 Å². The van der Waals surface area contributed by atoms with Gasteiger partial charge in [-0.25, -0.2) is 0 Å². The van der Waals surface area contributed by atoms with Crippen molar-refractivity contribution in [2.24, 2.45) is 4.99 Å². The number of rotatable bonds is 8. The van der Waals surface area contributed by atoms with Gasteiger partial charge < -0.3 is 25.2 Å². The monoisotopic (exact) mass is 391 g/mol. The molecule has 1 aliphatic rings. The highest BCUT2D eigenvalue weighted by Crippen LogP contribution is 2.29. The van der Waals surface area contributed by atoms with Gasteiger partial charge in [0.15, 0.2) is 5.96 Å². The van der Waals surface area contributed by atoms with Gasteiger partial charge in [-0.2, -0.15) is 0 Å². The van der Waals surface area contributed by atoms with Gasteiger partial charge in [-0.15, -0.1) is 11.3 Å². The Labute approximate surface area is 164 Å². The number of guanidine groups is 1. The zero-order chi connectivity index (χ0) is 18.9. The Balaban J connectivity index is 1.34. The number of aliphatic hydroxyl groups is 1. The summed E-state index contributed by atoms with van der Waals surface area (Å²) in [5.41, 5.74) is 0. The van der Waals surface area contributed by atoms with E-state index in [1.54, 1.807) is 18.4 Å². The topological polar surface area (TPSA) is 75.1 Å². The molecule has 6 nitrogen and oxygen atoms in total. The molecule has 0 saturated carbocycles. The number of thiophene rings is 1. The van der Waals surface area contributed by atoms with Gasteiger partial charge in [-0.05, 0) is 36.8 Å². The lowest BCUT2D eigenvalue weighted by Crippen LogP contribution is -2.40. The van der Waals surface area contributed by atoms with Gasteiger partial charge in [0.25, 0.3) is 0 Å². The number of benzene rings is 1. The number of fused-ring (bicyclic) bond motifs is 1. The van der Waals surface area contributed by atoms with Gasteiger partial charge in [0.05, 0.1) is 6.10 Å². The molecule has 1 aromatic carbocycles. The van der Waals surface area contributed by atoms with E-state index in [1.807, 2.05) is 12.1 Å². The minimum atomic E-state index is -0.558. The lowest BCUT2D eigenvalue weighted by molar-refractivity contribution is -0.0320. The maximum absolute atomic E-state index is 10.5. The minimum absolute atomic E-state index is 0.340. The van der Waals surface area contributed by atoms with E-state index in [0.29, 0.717) is 18.6 Å². The van der Waals surface area contributed by atoms with Gasteiger partial charge in [-0.3, -0.25) is 4.99 Å². The molecule has 148 valence electrons. The predicted octanol–water partition coefficient (Wildman–Crippen LogP) is 2.69. The van der Waals surface area contributed by atoms with E-state index in [2.05, 4.69) is 33.8 Å². The Kier molecular flexibility index (Phi) is 7.89. The second-order valence-corrected chi connectivity index (χ2v) is 7.73. The van der Waals surface area contributed by atoms with Gasteiger partial charge in [0.1, 0.15) is 6.10 Å². The summed E-state index contributed by atoms with van der Waals surface area (Å²) in [5, 5.41) is 18.1. The number of nitrogens with one attached hydrogen (secondary N) is 2. The van der Waals surface area contributed by atoms with Crippen LogP contribution in [0.3, 0.4) is 0 Å². The highest BCUT2D eigenvalue weighted by molar-refractivity contribution is 7.19. The van der Waals surface area contributed by atoms with Crippen LogP contribution in [0.5, 0.6) is 0 Å². The molecule has 27 heavy (non-hydrogen) atoms. The molecule has 7 heteroatoms. The Morgan fingerprint density at radius 1 is 1.33 bits per heavy atom. The molecule has 1 aromatic heterocycles.